The molecule has 0 spiro atoms. The van der Waals surface area contributed by atoms with Gasteiger partial charge in [-0.05, 0) is 38.3 Å². The summed E-state index contributed by atoms with van der Waals surface area (Å²) in [6, 6.07) is 4.27. The fourth-order valence-corrected chi connectivity index (χ4v) is 4.08. The minimum Gasteiger partial charge on any atom is -0.311 e. The van der Waals surface area contributed by atoms with Crippen LogP contribution >= 0.6 is 0 Å². The zero-order valence-corrected chi connectivity index (χ0v) is 13.5. The van der Waals surface area contributed by atoms with Crippen LogP contribution in [-0.2, 0) is 19.4 Å². The summed E-state index contributed by atoms with van der Waals surface area (Å²) >= 11 is 0. The maximum Gasteiger partial charge on any atom is 0.254 e. The molecule has 2 aromatic rings. The predicted molar refractivity (Wildman–Crippen MR) is 85.7 cm³/mol. The number of hydrogen-bond donors (Lipinski definition) is 1. The van der Waals surface area contributed by atoms with Gasteiger partial charge in [0.1, 0.15) is 17.5 Å². The van der Waals surface area contributed by atoms with Gasteiger partial charge in [0, 0.05) is 36.2 Å². The van der Waals surface area contributed by atoms with E-state index in [1.807, 2.05) is 0 Å². The number of aryl methyl sites for hydroxylation is 1. The molecular weight excluding hydrogens is 312 g/mol. The smallest absolute Gasteiger partial charge is 0.254 e. The molecule has 4 nitrogen and oxygen atoms in total. The monoisotopic (exact) mass is 331 g/mol. The second-order valence-electron chi connectivity index (χ2n) is 6.74. The lowest BCUT2D eigenvalue weighted by Gasteiger charge is -2.28. The molecule has 1 saturated heterocycles. The highest BCUT2D eigenvalue weighted by atomic mass is 19.1. The molecular formula is C18H19F2N3O. The van der Waals surface area contributed by atoms with Crippen LogP contribution < -0.4 is 5.56 Å². The Kier molecular flexibility index (Phi) is 3.72. The topological polar surface area (TPSA) is 49.0 Å². The highest BCUT2D eigenvalue weighted by molar-refractivity contribution is 5.25. The molecule has 1 N–H and O–H groups in total. The van der Waals surface area contributed by atoms with Crippen molar-refractivity contribution in [3.8, 4) is 0 Å². The Morgan fingerprint density at radius 3 is 2.58 bits per heavy atom. The predicted octanol–water partition coefficient (Wildman–Crippen LogP) is 2.49. The maximum absolute atomic E-state index is 14.0. The molecule has 126 valence electrons. The Morgan fingerprint density at radius 2 is 1.88 bits per heavy atom. The third kappa shape index (κ3) is 2.55. The summed E-state index contributed by atoms with van der Waals surface area (Å²) in [5.41, 5.74) is 1.59. The first-order valence-electron chi connectivity index (χ1n) is 8.30. The lowest BCUT2D eigenvalue weighted by molar-refractivity contribution is 0.182. The Labute approximate surface area is 138 Å². The van der Waals surface area contributed by atoms with Crippen molar-refractivity contribution in [2.24, 2.45) is 0 Å². The van der Waals surface area contributed by atoms with Gasteiger partial charge < -0.3 is 4.98 Å². The third-order valence-electron chi connectivity index (χ3n) is 5.26. The van der Waals surface area contributed by atoms with Crippen LogP contribution in [0.15, 0.2) is 23.0 Å². The molecule has 1 fully saturated rings. The van der Waals surface area contributed by atoms with Crippen molar-refractivity contribution in [3.05, 3.63) is 62.8 Å². The van der Waals surface area contributed by atoms with Gasteiger partial charge in [-0.3, -0.25) is 9.69 Å². The normalized spacial score (nSPS) is 23.1. The lowest BCUT2D eigenvalue weighted by atomic mass is 9.98. The van der Waals surface area contributed by atoms with Gasteiger partial charge in [-0.2, -0.15) is 0 Å². The van der Waals surface area contributed by atoms with E-state index in [4.69, 9.17) is 0 Å². The first-order chi connectivity index (χ1) is 11.5. The number of aromatic amines is 1. The number of fused-ring (bicyclic) bond motifs is 3. The minimum absolute atomic E-state index is 0.0814. The Bertz CT molecular complexity index is 828. The van der Waals surface area contributed by atoms with E-state index >= 15 is 0 Å². The highest BCUT2D eigenvalue weighted by Gasteiger charge is 2.38. The molecule has 2 bridgehead atoms. The largest absolute Gasteiger partial charge is 0.311 e. The van der Waals surface area contributed by atoms with Crippen LogP contribution in [-0.4, -0.2) is 27.0 Å². The second kappa shape index (κ2) is 5.77. The molecule has 2 aliphatic rings. The van der Waals surface area contributed by atoms with Gasteiger partial charge >= 0.3 is 0 Å². The van der Waals surface area contributed by atoms with Gasteiger partial charge in [0.25, 0.3) is 5.56 Å². The summed E-state index contributed by atoms with van der Waals surface area (Å²) in [7, 11) is 0. The van der Waals surface area contributed by atoms with Crippen LogP contribution in [0.5, 0.6) is 0 Å². The number of aromatic nitrogens is 2. The van der Waals surface area contributed by atoms with E-state index in [1.165, 1.54) is 18.2 Å². The quantitative estimate of drug-likeness (QED) is 0.920. The van der Waals surface area contributed by atoms with Crippen molar-refractivity contribution in [2.45, 2.75) is 51.2 Å². The lowest BCUT2D eigenvalue weighted by Crippen LogP contribution is -2.36. The first kappa shape index (κ1) is 15.4. The van der Waals surface area contributed by atoms with Crippen molar-refractivity contribution >= 4 is 0 Å². The van der Waals surface area contributed by atoms with Crippen LogP contribution in [0, 0.1) is 18.6 Å². The van der Waals surface area contributed by atoms with Crippen LogP contribution in [0.25, 0.3) is 0 Å². The Hall–Kier alpha value is -2.08. The van der Waals surface area contributed by atoms with E-state index in [0.717, 1.165) is 24.1 Å². The average Bonchev–Trinajstić information content (AvgIpc) is 2.79. The average molecular weight is 331 g/mol. The number of hydrogen-bond acceptors (Lipinski definition) is 3. The van der Waals surface area contributed by atoms with Crippen molar-refractivity contribution in [1.82, 2.24) is 14.9 Å². The van der Waals surface area contributed by atoms with Crippen molar-refractivity contribution in [3.63, 3.8) is 0 Å². The van der Waals surface area contributed by atoms with E-state index in [0.29, 0.717) is 18.7 Å². The third-order valence-corrected chi connectivity index (χ3v) is 5.26. The van der Waals surface area contributed by atoms with E-state index in [1.54, 1.807) is 6.92 Å². The van der Waals surface area contributed by atoms with Gasteiger partial charge in [-0.25, -0.2) is 13.8 Å². The van der Waals surface area contributed by atoms with Crippen LogP contribution in [0.2, 0.25) is 0 Å². The van der Waals surface area contributed by atoms with Crippen molar-refractivity contribution in [2.75, 3.05) is 0 Å². The number of H-pyrrole nitrogens is 1. The number of nitrogens with one attached hydrogen (secondary N) is 1. The maximum atomic E-state index is 14.0. The summed E-state index contributed by atoms with van der Waals surface area (Å²) in [5, 5.41) is 0. The number of nitrogens with zero attached hydrogens (tertiary/aromatic N) is 2. The van der Waals surface area contributed by atoms with Gasteiger partial charge in [-0.1, -0.05) is 6.07 Å². The summed E-state index contributed by atoms with van der Waals surface area (Å²) in [4.78, 5) is 21.7. The van der Waals surface area contributed by atoms with Gasteiger partial charge in [0.2, 0.25) is 0 Å². The second-order valence-corrected chi connectivity index (χ2v) is 6.74. The molecule has 0 radical (unpaired) electrons. The fraction of sp³-hybridized carbons (Fsp3) is 0.444. The molecule has 24 heavy (non-hydrogen) atoms. The SMILES string of the molecule is Cc1nc2c(c(=O)[nH]1)CC1CCC(C2)N1Cc1c(F)cccc1F. The zero-order valence-electron chi connectivity index (χ0n) is 13.5. The molecule has 0 saturated carbocycles. The minimum atomic E-state index is -0.511. The molecule has 2 aliphatic heterocycles. The molecule has 6 heteroatoms. The van der Waals surface area contributed by atoms with Crippen LogP contribution in [0.4, 0.5) is 8.78 Å². The zero-order chi connectivity index (χ0) is 16.8. The molecule has 1 aromatic heterocycles. The first-order valence-corrected chi connectivity index (χ1v) is 8.30. The Balaban J connectivity index is 1.68. The molecule has 3 heterocycles. The highest BCUT2D eigenvalue weighted by Crippen LogP contribution is 2.34. The van der Waals surface area contributed by atoms with E-state index < -0.39 is 11.6 Å². The van der Waals surface area contributed by atoms with Gasteiger partial charge in [-0.15, -0.1) is 0 Å². The van der Waals surface area contributed by atoms with Crippen molar-refractivity contribution < 1.29 is 8.78 Å². The van der Waals surface area contributed by atoms with Crippen molar-refractivity contribution in [1.29, 1.82) is 0 Å². The molecule has 2 atom stereocenters. The van der Waals surface area contributed by atoms with Gasteiger partial charge in [0.15, 0.2) is 0 Å². The summed E-state index contributed by atoms with van der Waals surface area (Å²) in [6.45, 7) is 2.01. The molecule has 0 amide bonds. The number of benzene rings is 1. The van der Waals surface area contributed by atoms with Gasteiger partial charge in [0.05, 0.1) is 5.69 Å². The Morgan fingerprint density at radius 1 is 1.21 bits per heavy atom. The molecule has 1 aromatic carbocycles. The fourth-order valence-electron chi connectivity index (χ4n) is 4.08. The van der Waals surface area contributed by atoms with Crippen LogP contribution in [0.1, 0.15) is 35.5 Å². The van der Waals surface area contributed by atoms with Crippen LogP contribution in [0.3, 0.4) is 0 Å². The number of rotatable bonds is 2. The molecule has 2 unspecified atom stereocenters. The van der Waals surface area contributed by atoms with E-state index in [9.17, 15) is 13.6 Å². The molecule has 0 aliphatic carbocycles. The molecule has 4 rings (SSSR count). The number of halogens is 2. The van der Waals surface area contributed by atoms with E-state index in [-0.39, 0.29) is 29.8 Å². The summed E-state index contributed by atoms with van der Waals surface area (Å²) < 4.78 is 28.1. The summed E-state index contributed by atoms with van der Waals surface area (Å²) in [5.74, 6) is -0.408. The standard InChI is InChI=1S/C18H19F2N3O/c1-10-21-17-8-12-6-5-11(7-13(17)18(24)22-10)23(12)9-14-15(19)3-2-4-16(14)20/h2-4,11-12H,5-9H2,1H3,(H,21,22,24). The van der Waals surface area contributed by atoms with E-state index in [2.05, 4.69) is 14.9 Å². The summed E-state index contributed by atoms with van der Waals surface area (Å²) in [6.07, 6.45) is 3.15.